The minimum Gasteiger partial charge on any atom is -0.465 e. The monoisotopic (exact) mass is 364 g/mol. The van der Waals surface area contributed by atoms with Crippen molar-refractivity contribution in [2.45, 2.75) is 44.0 Å². The van der Waals surface area contributed by atoms with Crippen LogP contribution in [0.15, 0.2) is 23.1 Å². The Labute approximate surface area is 144 Å². The van der Waals surface area contributed by atoms with Crippen LogP contribution in [0.25, 0.3) is 0 Å². The minimum atomic E-state index is -3.79. The van der Waals surface area contributed by atoms with Gasteiger partial charge in [-0.3, -0.25) is 0 Å². The molecule has 8 heteroatoms. The fourth-order valence-electron chi connectivity index (χ4n) is 2.30. The normalized spacial score (nSPS) is 11.7. The highest BCUT2D eigenvalue weighted by Gasteiger charge is 2.32. The predicted octanol–water partition coefficient (Wildman–Crippen LogP) is 2.00. The lowest BCUT2D eigenvalue weighted by Gasteiger charge is -2.31. The number of esters is 1. The molecule has 23 heavy (non-hydrogen) atoms. The van der Waals surface area contributed by atoms with Gasteiger partial charge in [-0.1, -0.05) is 19.9 Å². The van der Waals surface area contributed by atoms with Crippen molar-refractivity contribution in [3.63, 3.8) is 0 Å². The molecule has 0 fully saturated rings. The van der Waals surface area contributed by atoms with Crippen LogP contribution in [-0.4, -0.2) is 33.6 Å². The van der Waals surface area contributed by atoms with E-state index in [-0.39, 0.29) is 29.4 Å². The van der Waals surface area contributed by atoms with Gasteiger partial charge in [-0.15, -0.1) is 12.4 Å². The third-order valence-corrected chi connectivity index (χ3v) is 5.80. The van der Waals surface area contributed by atoms with E-state index in [9.17, 15) is 13.2 Å². The number of hydrogen-bond donors (Lipinski definition) is 2. The van der Waals surface area contributed by atoms with E-state index in [0.717, 1.165) is 0 Å². The van der Waals surface area contributed by atoms with Crippen molar-refractivity contribution >= 4 is 28.4 Å². The Bertz CT molecular complexity index is 635. The average Bonchev–Trinajstić information content (AvgIpc) is 2.52. The quantitative estimate of drug-likeness (QED) is 0.721. The molecule has 0 amide bonds. The van der Waals surface area contributed by atoms with Crippen molar-refractivity contribution in [2.75, 3.05) is 13.7 Å². The van der Waals surface area contributed by atoms with Gasteiger partial charge in [-0.05, 0) is 37.5 Å². The first kappa shape index (κ1) is 21.9. The molecule has 3 N–H and O–H groups in total. The van der Waals surface area contributed by atoms with Gasteiger partial charge in [0.25, 0.3) is 0 Å². The number of carbonyl (C=O) groups excluding carboxylic acids is 1. The molecule has 0 aliphatic carbocycles. The summed E-state index contributed by atoms with van der Waals surface area (Å²) in [6.07, 6.45) is 1.16. The predicted molar refractivity (Wildman–Crippen MR) is 92.5 cm³/mol. The van der Waals surface area contributed by atoms with E-state index in [1.807, 2.05) is 13.8 Å². The Balaban J connectivity index is 0.00000484. The van der Waals surface area contributed by atoms with Crippen molar-refractivity contribution in [2.24, 2.45) is 5.73 Å². The molecule has 0 aliphatic rings. The molecule has 0 radical (unpaired) electrons. The first-order chi connectivity index (χ1) is 10.3. The second-order valence-corrected chi connectivity index (χ2v) is 6.87. The maximum absolute atomic E-state index is 12.7. The second-order valence-electron chi connectivity index (χ2n) is 5.22. The molecular formula is C15H25ClN2O4S. The van der Waals surface area contributed by atoms with Crippen molar-refractivity contribution in [1.82, 2.24) is 4.72 Å². The molecule has 0 unspecified atom stereocenters. The summed E-state index contributed by atoms with van der Waals surface area (Å²) in [6.45, 7) is 5.56. The summed E-state index contributed by atoms with van der Waals surface area (Å²) < 4.78 is 32.7. The van der Waals surface area contributed by atoms with Gasteiger partial charge in [-0.25, -0.2) is 17.9 Å². The van der Waals surface area contributed by atoms with Crippen LogP contribution in [0.3, 0.4) is 0 Å². The first-order valence-corrected chi connectivity index (χ1v) is 8.67. The highest BCUT2D eigenvalue weighted by atomic mass is 35.5. The van der Waals surface area contributed by atoms with Crippen LogP contribution >= 0.6 is 12.4 Å². The summed E-state index contributed by atoms with van der Waals surface area (Å²) in [5, 5.41) is 0. The highest BCUT2D eigenvalue weighted by molar-refractivity contribution is 7.89. The zero-order chi connectivity index (χ0) is 17.0. The summed E-state index contributed by atoms with van der Waals surface area (Å²) in [4.78, 5) is 11.8. The molecule has 0 saturated heterocycles. The molecule has 0 heterocycles. The summed E-state index contributed by atoms with van der Waals surface area (Å²) in [7, 11) is -2.53. The lowest BCUT2D eigenvalue weighted by Crippen LogP contribution is -2.52. The molecule has 0 spiro atoms. The highest BCUT2D eigenvalue weighted by Crippen LogP contribution is 2.23. The number of methoxy groups -OCH3 is 1. The Morgan fingerprint density at radius 2 is 1.87 bits per heavy atom. The van der Waals surface area contributed by atoms with Crippen LogP contribution in [-0.2, 0) is 14.8 Å². The Hall–Kier alpha value is -1.15. The molecule has 0 bridgehead atoms. The molecule has 0 aliphatic heterocycles. The fraction of sp³-hybridized carbons (Fsp3) is 0.533. The zero-order valence-electron chi connectivity index (χ0n) is 13.9. The lowest BCUT2D eigenvalue weighted by atomic mass is 9.95. The smallest absolute Gasteiger partial charge is 0.338 e. The second kappa shape index (κ2) is 8.63. The van der Waals surface area contributed by atoms with E-state index < -0.39 is 21.5 Å². The molecule has 1 aromatic carbocycles. The third-order valence-electron chi connectivity index (χ3n) is 4.07. The maximum Gasteiger partial charge on any atom is 0.338 e. The first-order valence-electron chi connectivity index (χ1n) is 7.19. The van der Waals surface area contributed by atoms with Crippen LogP contribution in [0.4, 0.5) is 0 Å². The number of hydrogen-bond acceptors (Lipinski definition) is 5. The SMILES string of the molecule is CCC(CC)(CN)NS(=O)(=O)c1cccc(C(=O)OC)c1C.Cl. The van der Waals surface area contributed by atoms with Gasteiger partial charge in [0, 0.05) is 12.1 Å². The van der Waals surface area contributed by atoms with Gasteiger partial charge in [0.1, 0.15) is 0 Å². The van der Waals surface area contributed by atoms with Crippen molar-refractivity contribution in [3.8, 4) is 0 Å². The van der Waals surface area contributed by atoms with E-state index in [4.69, 9.17) is 5.73 Å². The zero-order valence-corrected chi connectivity index (χ0v) is 15.5. The molecule has 0 atom stereocenters. The Morgan fingerprint density at radius 3 is 2.30 bits per heavy atom. The van der Waals surface area contributed by atoms with Gasteiger partial charge in [-0.2, -0.15) is 0 Å². The molecule has 6 nitrogen and oxygen atoms in total. The number of ether oxygens (including phenoxy) is 1. The molecule has 1 aromatic rings. The van der Waals surface area contributed by atoms with E-state index >= 15 is 0 Å². The number of benzene rings is 1. The van der Waals surface area contributed by atoms with Gasteiger partial charge < -0.3 is 10.5 Å². The van der Waals surface area contributed by atoms with Gasteiger partial charge >= 0.3 is 5.97 Å². The lowest BCUT2D eigenvalue weighted by molar-refractivity contribution is 0.0599. The standard InChI is InChI=1S/C15H24N2O4S.ClH/c1-5-15(6-2,10-16)17-22(19,20)13-9-7-8-12(11(13)3)14(18)21-4;/h7-9,17H,5-6,10,16H2,1-4H3;1H. The number of nitrogens with two attached hydrogens (primary N) is 1. The third kappa shape index (κ3) is 4.67. The Kier molecular flexibility index (Phi) is 8.20. The van der Waals surface area contributed by atoms with Crippen LogP contribution in [0.2, 0.25) is 0 Å². The summed E-state index contributed by atoms with van der Waals surface area (Å²) in [5.74, 6) is -0.564. The van der Waals surface area contributed by atoms with Crippen LogP contribution in [0.5, 0.6) is 0 Å². The summed E-state index contributed by atoms with van der Waals surface area (Å²) >= 11 is 0. The van der Waals surface area contributed by atoms with E-state index in [2.05, 4.69) is 9.46 Å². The number of rotatable bonds is 7. The minimum absolute atomic E-state index is 0. The molecular weight excluding hydrogens is 340 g/mol. The number of halogens is 1. The van der Waals surface area contributed by atoms with Gasteiger partial charge in [0.15, 0.2) is 0 Å². The van der Waals surface area contributed by atoms with Crippen LogP contribution in [0, 0.1) is 6.92 Å². The molecule has 132 valence electrons. The Morgan fingerprint density at radius 1 is 1.30 bits per heavy atom. The molecule has 1 rings (SSSR count). The number of carbonyl (C=O) groups is 1. The average molecular weight is 365 g/mol. The number of nitrogens with one attached hydrogen (secondary N) is 1. The van der Waals surface area contributed by atoms with Crippen LogP contribution < -0.4 is 10.5 Å². The van der Waals surface area contributed by atoms with E-state index in [1.165, 1.54) is 25.3 Å². The van der Waals surface area contributed by atoms with Crippen LogP contribution in [0.1, 0.15) is 42.6 Å². The molecule has 0 saturated carbocycles. The van der Waals surface area contributed by atoms with Crippen molar-refractivity contribution in [3.05, 3.63) is 29.3 Å². The summed E-state index contributed by atoms with van der Waals surface area (Å²) in [6, 6.07) is 4.53. The van der Waals surface area contributed by atoms with Crippen molar-refractivity contribution < 1.29 is 17.9 Å². The van der Waals surface area contributed by atoms with E-state index in [1.54, 1.807) is 6.92 Å². The maximum atomic E-state index is 12.7. The number of sulfonamides is 1. The topological polar surface area (TPSA) is 98.5 Å². The van der Waals surface area contributed by atoms with E-state index in [0.29, 0.717) is 18.4 Å². The largest absolute Gasteiger partial charge is 0.465 e. The van der Waals surface area contributed by atoms with Gasteiger partial charge in [0.2, 0.25) is 10.0 Å². The van der Waals surface area contributed by atoms with Gasteiger partial charge in [0.05, 0.1) is 17.6 Å². The fourth-order valence-corrected chi connectivity index (χ4v) is 4.12. The molecule has 0 aromatic heterocycles. The van der Waals surface area contributed by atoms with Crippen molar-refractivity contribution in [1.29, 1.82) is 0 Å². The summed E-state index contributed by atoms with van der Waals surface area (Å²) in [5.41, 5.74) is 5.66.